The molecular weight excluding hydrogens is 359 g/mol. The summed E-state index contributed by atoms with van der Waals surface area (Å²) in [7, 11) is 0. The lowest BCUT2D eigenvalue weighted by Crippen LogP contribution is -2.19. The minimum atomic E-state index is -0.427. The number of hydrogen-bond acceptors (Lipinski definition) is 3. The average molecular weight is 376 g/mol. The van der Waals surface area contributed by atoms with Crippen molar-refractivity contribution in [2.45, 2.75) is 0 Å². The van der Waals surface area contributed by atoms with Gasteiger partial charge in [-0.15, -0.1) is 0 Å². The van der Waals surface area contributed by atoms with Crippen LogP contribution in [0, 0.1) is 5.82 Å². The summed E-state index contributed by atoms with van der Waals surface area (Å²) < 4.78 is 12.9. The van der Waals surface area contributed by atoms with E-state index < -0.39 is 6.03 Å². The van der Waals surface area contributed by atoms with Gasteiger partial charge in [0, 0.05) is 23.1 Å². The van der Waals surface area contributed by atoms with Crippen LogP contribution in [0.5, 0.6) is 0 Å². The number of benzene rings is 2. The van der Waals surface area contributed by atoms with Gasteiger partial charge < -0.3 is 16.0 Å². The van der Waals surface area contributed by atoms with Crippen molar-refractivity contribution in [3.63, 3.8) is 0 Å². The number of amides is 3. The van der Waals surface area contributed by atoms with E-state index in [4.69, 9.17) is 0 Å². The maximum atomic E-state index is 12.9. The van der Waals surface area contributed by atoms with Crippen molar-refractivity contribution in [1.29, 1.82) is 0 Å². The van der Waals surface area contributed by atoms with E-state index in [1.54, 1.807) is 24.4 Å². The van der Waals surface area contributed by atoms with Gasteiger partial charge in [0.05, 0.1) is 0 Å². The molecule has 3 amide bonds. The summed E-state index contributed by atoms with van der Waals surface area (Å²) in [5.74, 6) is -0.258. The van der Waals surface area contributed by atoms with E-state index in [2.05, 4.69) is 27.5 Å². The maximum absolute atomic E-state index is 12.9. The zero-order valence-corrected chi connectivity index (χ0v) is 14.8. The molecule has 0 aliphatic rings. The van der Waals surface area contributed by atoms with Crippen molar-refractivity contribution >= 4 is 29.1 Å². The van der Waals surface area contributed by atoms with Gasteiger partial charge in [-0.25, -0.2) is 14.2 Å². The van der Waals surface area contributed by atoms with E-state index >= 15 is 0 Å². The molecule has 7 heteroatoms. The highest BCUT2D eigenvalue weighted by Gasteiger charge is 2.05. The third-order valence-electron chi connectivity index (χ3n) is 3.78. The van der Waals surface area contributed by atoms with E-state index in [-0.39, 0.29) is 11.7 Å². The zero-order chi connectivity index (χ0) is 19.9. The highest BCUT2D eigenvalue weighted by molar-refractivity contribution is 6.00. The van der Waals surface area contributed by atoms with Gasteiger partial charge in [-0.1, -0.05) is 18.7 Å². The molecule has 0 unspecified atom stereocenters. The lowest BCUT2D eigenvalue weighted by Gasteiger charge is -2.09. The molecule has 0 aliphatic carbocycles. The summed E-state index contributed by atoms with van der Waals surface area (Å²) in [4.78, 5) is 27.5. The quantitative estimate of drug-likeness (QED) is 0.567. The van der Waals surface area contributed by atoms with E-state index in [0.717, 1.165) is 11.1 Å². The number of carbonyl (C=O) groups excluding carboxylic acids is 2. The predicted molar refractivity (Wildman–Crippen MR) is 108 cm³/mol. The molecule has 0 aliphatic heterocycles. The number of rotatable bonds is 5. The molecule has 140 valence electrons. The second-order valence-electron chi connectivity index (χ2n) is 5.79. The Bertz CT molecular complexity index is 984. The number of halogens is 1. The number of hydrogen-bond donors (Lipinski definition) is 3. The molecule has 3 rings (SSSR count). The molecule has 6 nitrogen and oxygen atoms in total. The monoisotopic (exact) mass is 376 g/mol. The Balaban J connectivity index is 1.61. The number of nitrogens with one attached hydrogen (secondary N) is 3. The lowest BCUT2D eigenvalue weighted by atomic mass is 10.1. The second kappa shape index (κ2) is 8.59. The molecule has 1 aromatic heterocycles. The van der Waals surface area contributed by atoms with Crippen LogP contribution in [0.2, 0.25) is 0 Å². The number of anilines is 3. The lowest BCUT2D eigenvalue weighted by molar-refractivity contribution is -0.111. The van der Waals surface area contributed by atoms with Gasteiger partial charge in [0.25, 0.3) is 0 Å². The Morgan fingerprint density at radius 3 is 1.93 bits per heavy atom. The first-order chi connectivity index (χ1) is 13.5. The van der Waals surface area contributed by atoms with Gasteiger partial charge in [0.2, 0.25) is 5.91 Å². The smallest absolute Gasteiger partial charge is 0.308 e. The molecular formula is C21H17FN4O2. The molecule has 0 atom stereocenters. The number of aromatic nitrogens is 1. The molecule has 2 aromatic carbocycles. The molecule has 1 heterocycles. The van der Waals surface area contributed by atoms with E-state index in [1.807, 2.05) is 18.2 Å². The summed E-state index contributed by atoms with van der Waals surface area (Å²) in [6.07, 6.45) is 2.82. The molecule has 0 saturated heterocycles. The Hall–Kier alpha value is -4.00. The molecule has 0 bridgehead atoms. The van der Waals surface area contributed by atoms with E-state index in [0.29, 0.717) is 17.2 Å². The zero-order valence-electron chi connectivity index (χ0n) is 14.8. The van der Waals surface area contributed by atoms with Crippen molar-refractivity contribution in [2.75, 3.05) is 16.0 Å². The van der Waals surface area contributed by atoms with Gasteiger partial charge in [-0.2, -0.15) is 0 Å². The van der Waals surface area contributed by atoms with Crippen LogP contribution in [-0.2, 0) is 4.79 Å². The molecule has 28 heavy (non-hydrogen) atoms. The fraction of sp³-hybridized carbons (Fsp3) is 0. The largest absolute Gasteiger partial charge is 0.323 e. The number of carbonyl (C=O) groups is 2. The van der Waals surface area contributed by atoms with Crippen LogP contribution in [0.15, 0.2) is 79.5 Å². The molecule has 3 N–H and O–H groups in total. The Morgan fingerprint density at radius 2 is 1.39 bits per heavy atom. The molecule has 0 saturated carbocycles. The second-order valence-corrected chi connectivity index (χ2v) is 5.79. The van der Waals surface area contributed by atoms with Crippen LogP contribution < -0.4 is 16.0 Å². The minimum absolute atomic E-state index is 0.324. The summed E-state index contributed by atoms with van der Waals surface area (Å²) in [6, 6.07) is 15.8. The highest BCUT2D eigenvalue weighted by Crippen LogP contribution is 2.22. The Kier molecular flexibility index (Phi) is 5.76. The SMILES string of the molecule is C=CC(=O)Nc1ccc(-c2ccc(NC(=O)Nc3ccc(F)cc3)cc2)cn1. The van der Waals surface area contributed by atoms with Gasteiger partial charge in [0.15, 0.2) is 0 Å². The van der Waals surface area contributed by atoms with E-state index in [1.165, 1.54) is 30.3 Å². The van der Waals surface area contributed by atoms with E-state index in [9.17, 15) is 14.0 Å². The first kappa shape index (κ1) is 18.8. The van der Waals surface area contributed by atoms with Gasteiger partial charge >= 0.3 is 6.03 Å². The topological polar surface area (TPSA) is 83.1 Å². The maximum Gasteiger partial charge on any atom is 0.323 e. The third-order valence-corrected chi connectivity index (χ3v) is 3.78. The van der Waals surface area contributed by atoms with Crippen LogP contribution in [0.4, 0.5) is 26.4 Å². The number of urea groups is 1. The first-order valence-electron chi connectivity index (χ1n) is 8.37. The molecule has 0 radical (unpaired) electrons. The van der Waals surface area contributed by atoms with Gasteiger partial charge in [-0.05, 0) is 60.2 Å². The predicted octanol–water partition coefficient (Wildman–Crippen LogP) is 4.66. The Labute approximate surface area is 161 Å². The fourth-order valence-corrected chi connectivity index (χ4v) is 2.39. The van der Waals surface area contributed by atoms with Crippen molar-refractivity contribution < 1.29 is 14.0 Å². The first-order valence-corrected chi connectivity index (χ1v) is 8.37. The minimum Gasteiger partial charge on any atom is -0.308 e. The van der Waals surface area contributed by atoms with Crippen LogP contribution >= 0.6 is 0 Å². The number of pyridine rings is 1. The number of nitrogens with zero attached hydrogens (tertiary/aromatic N) is 1. The normalized spacial score (nSPS) is 10.0. The molecule has 0 spiro atoms. The van der Waals surface area contributed by atoms with Crippen molar-refractivity contribution in [2.24, 2.45) is 0 Å². The standard InChI is InChI=1S/C21H17FN4O2/c1-2-20(27)26-19-12-5-15(13-23-19)14-3-8-17(9-4-14)24-21(28)25-18-10-6-16(22)7-11-18/h2-13H,1H2,(H,23,26,27)(H2,24,25,28). The summed E-state index contributed by atoms with van der Waals surface area (Å²) >= 11 is 0. The van der Waals surface area contributed by atoms with Crippen LogP contribution in [0.25, 0.3) is 11.1 Å². The Morgan fingerprint density at radius 1 is 0.821 bits per heavy atom. The van der Waals surface area contributed by atoms with Crippen molar-refractivity contribution in [1.82, 2.24) is 4.98 Å². The average Bonchev–Trinajstić information content (AvgIpc) is 2.71. The van der Waals surface area contributed by atoms with Crippen LogP contribution in [0.1, 0.15) is 0 Å². The molecule has 3 aromatic rings. The van der Waals surface area contributed by atoms with Crippen molar-refractivity contribution in [3.8, 4) is 11.1 Å². The van der Waals surface area contributed by atoms with Crippen molar-refractivity contribution in [3.05, 3.63) is 85.3 Å². The van der Waals surface area contributed by atoms with Gasteiger partial charge in [0.1, 0.15) is 11.6 Å². The molecule has 0 fully saturated rings. The van der Waals surface area contributed by atoms with Crippen LogP contribution in [0.3, 0.4) is 0 Å². The summed E-state index contributed by atoms with van der Waals surface area (Å²) in [5.41, 5.74) is 2.86. The highest BCUT2D eigenvalue weighted by atomic mass is 19.1. The summed E-state index contributed by atoms with van der Waals surface area (Å²) in [6.45, 7) is 3.39. The summed E-state index contributed by atoms with van der Waals surface area (Å²) in [5, 5.41) is 7.91. The third kappa shape index (κ3) is 5.01. The van der Waals surface area contributed by atoms with Crippen LogP contribution in [-0.4, -0.2) is 16.9 Å². The fourth-order valence-electron chi connectivity index (χ4n) is 2.39. The van der Waals surface area contributed by atoms with Gasteiger partial charge in [-0.3, -0.25) is 4.79 Å².